The van der Waals surface area contributed by atoms with E-state index in [-0.39, 0.29) is 5.75 Å². The first kappa shape index (κ1) is 12.2. The topological polar surface area (TPSA) is 71.2 Å². The standard InChI is InChI=1S/C15H13N3O2/c19-14-5-4-13(18-8-14)7-17-12-3-1-2-11(6-12)15-9-16-10-20-15/h1-6,8-10,17,19H,7H2. The highest BCUT2D eigenvalue weighted by molar-refractivity contribution is 5.63. The number of nitrogens with one attached hydrogen (secondary N) is 1. The van der Waals surface area contributed by atoms with Gasteiger partial charge in [-0.25, -0.2) is 4.98 Å². The monoisotopic (exact) mass is 267 g/mol. The Bertz CT molecular complexity index is 679. The van der Waals surface area contributed by atoms with Crippen LogP contribution in [0.2, 0.25) is 0 Å². The number of rotatable bonds is 4. The molecule has 1 aromatic carbocycles. The minimum atomic E-state index is 0.168. The number of hydrogen-bond acceptors (Lipinski definition) is 5. The van der Waals surface area contributed by atoms with Gasteiger partial charge in [-0.15, -0.1) is 0 Å². The zero-order chi connectivity index (χ0) is 13.8. The molecular weight excluding hydrogens is 254 g/mol. The molecule has 0 bridgehead atoms. The molecule has 0 unspecified atom stereocenters. The summed E-state index contributed by atoms with van der Waals surface area (Å²) >= 11 is 0. The highest BCUT2D eigenvalue weighted by Gasteiger charge is 2.02. The number of anilines is 1. The number of nitrogens with zero attached hydrogens (tertiary/aromatic N) is 2. The fourth-order valence-electron chi connectivity index (χ4n) is 1.85. The van der Waals surface area contributed by atoms with Crippen molar-refractivity contribution in [2.45, 2.75) is 6.54 Å². The molecular formula is C15H13N3O2. The van der Waals surface area contributed by atoms with Crippen LogP contribution in [0.3, 0.4) is 0 Å². The highest BCUT2D eigenvalue weighted by Crippen LogP contribution is 2.22. The molecule has 3 rings (SSSR count). The molecule has 0 saturated heterocycles. The van der Waals surface area contributed by atoms with Crippen molar-refractivity contribution >= 4 is 5.69 Å². The highest BCUT2D eigenvalue weighted by atomic mass is 16.3. The zero-order valence-corrected chi connectivity index (χ0v) is 10.7. The average Bonchev–Trinajstić information content (AvgIpc) is 3.01. The van der Waals surface area contributed by atoms with Crippen molar-refractivity contribution in [2.75, 3.05) is 5.32 Å². The molecule has 0 aliphatic heterocycles. The lowest BCUT2D eigenvalue weighted by Crippen LogP contribution is -2.01. The third kappa shape index (κ3) is 2.77. The Morgan fingerprint density at radius 3 is 2.85 bits per heavy atom. The van der Waals surface area contributed by atoms with Crippen LogP contribution in [-0.2, 0) is 6.54 Å². The summed E-state index contributed by atoms with van der Waals surface area (Å²) < 4.78 is 5.27. The van der Waals surface area contributed by atoms with Crippen molar-refractivity contribution in [1.29, 1.82) is 0 Å². The van der Waals surface area contributed by atoms with Gasteiger partial charge in [-0.2, -0.15) is 0 Å². The van der Waals surface area contributed by atoms with Crippen molar-refractivity contribution in [3.05, 3.63) is 60.9 Å². The first-order valence-corrected chi connectivity index (χ1v) is 6.18. The summed E-state index contributed by atoms with van der Waals surface area (Å²) in [7, 11) is 0. The molecule has 3 aromatic rings. The van der Waals surface area contributed by atoms with E-state index >= 15 is 0 Å². The number of pyridine rings is 1. The molecule has 2 heterocycles. The maximum atomic E-state index is 9.18. The van der Waals surface area contributed by atoms with Crippen LogP contribution in [0.25, 0.3) is 11.3 Å². The predicted molar refractivity (Wildman–Crippen MR) is 75.2 cm³/mol. The van der Waals surface area contributed by atoms with Crippen LogP contribution < -0.4 is 5.32 Å². The van der Waals surface area contributed by atoms with Crippen molar-refractivity contribution in [1.82, 2.24) is 9.97 Å². The van der Waals surface area contributed by atoms with Crippen LogP contribution in [0.1, 0.15) is 5.69 Å². The van der Waals surface area contributed by atoms with Gasteiger partial charge in [0.15, 0.2) is 12.2 Å². The van der Waals surface area contributed by atoms with Crippen LogP contribution in [0.15, 0.2) is 59.6 Å². The van der Waals surface area contributed by atoms with Crippen LogP contribution in [-0.4, -0.2) is 15.1 Å². The summed E-state index contributed by atoms with van der Waals surface area (Å²) in [5, 5.41) is 12.5. The smallest absolute Gasteiger partial charge is 0.181 e. The SMILES string of the molecule is Oc1ccc(CNc2cccc(-c3cnco3)c2)nc1. The quantitative estimate of drug-likeness (QED) is 0.760. The third-order valence-electron chi connectivity index (χ3n) is 2.86. The molecule has 0 fully saturated rings. The Labute approximate surface area is 115 Å². The fraction of sp³-hybridized carbons (Fsp3) is 0.0667. The molecule has 0 aliphatic rings. The largest absolute Gasteiger partial charge is 0.506 e. The first-order chi connectivity index (χ1) is 9.81. The van der Waals surface area contributed by atoms with Crippen molar-refractivity contribution in [2.24, 2.45) is 0 Å². The van der Waals surface area contributed by atoms with E-state index in [2.05, 4.69) is 15.3 Å². The first-order valence-electron chi connectivity index (χ1n) is 6.18. The number of oxazole rings is 1. The summed E-state index contributed by atoms with van der Waals surface area (Å²) in [5.41, 5.74) is 2.79. The maximum absolute atomic E-state index is 9.18. The van der Waals surface area contributed by atoms with E-state index in [0.29, 0.717) is 6.54 Å². The number of aromatic nitrogens is 2. The van der Waals surface area contributed by atoms with Gasteiger partial charge in [0.25, 0.3) is 0 Å². The number of benzene rings is 1. The van der Waals surface area contributed by atoms with E-state index < -0.39 is 0 Å². The Kier molecular flexibility index (Phi) is 3.33. The van der Waals surface area contributed by atoms with Gasteiger partial charge in [-0.1, -0.05) is 12.1 Å². The molecule has 0 saturated carbocycles. The third-order valence-corrected chi connectivity index (χ3v) is 2.86. The van der Waals surface area contributed by atoms with Crippen molar-refractivity contribution < 1.29 is 9.52 Å². The van der Waals surface area contributed by atoms with E-state index in [1.54, 1.807) is 18.3 Å². The summed E-state index contributed by atoms with van der Waals surface area (Å²) in [5.74, 6) is 0.900. The maximum Gasteiger partial charge on any atom is 0.181 e. The van der Waals surface area contributed by atoms with Gasteiger partial charge < -0.3 is 14.8 Å². The van der Waals surface area contributed by atoms with Crippen LogP contribution >= 0.6 is 0 Å². The number of hydrogen-bond donors (Lipinski definition) is 2. The molecule has 5 heteroatoms. The summed E-state index contributed by atoms with van der Waals surface area (Å²) in [6.45, 7) is 0.583. The van der Waals surface area contributed by atoms with Gasteiger partial charge in [0.2, 0.25) is 0 Å². The lowest BCUT2D eigenvalue weighted by atomic mass is 10.1. The van der Waals surface area contributed by atoms with E-state index in [9.17, 15) is 5.11 Å². The van der Waals surface area contributed by atoms with E-state index in [0.717, 1.165) is 22.7 Å². The van der Waals surface area contributed by atoms with Crippen molar-refractivity contribution in [3.63, 3.8) is 0 Å². The molecule has 0 amide bonds. The number of aromatic hydroxyl groups is 1. The molecule has 0 atom stereocenters. The Hall–Kier alpha value is -2.82. The summed E-state index contributed by atoms with van der Waals surface area (Å²) in [6.07, 6.45) is 4.53. The second kappa shape index (κ2) is 5.44. The van der Waals surface area contributed by atoms with Crippen LogP contribution in [0, 0.1) is 0 Å². The summed E-state index contributed by atoms with van der Waals surface area (Å²) in [6, 6.07) is 11.3. The predicted octanol–water partition coefficient (Wildman–Crippen LogP) is 3.05. The summed E-state index contributed by atoms with van der Waals surface area (Å²) in [4.78, 5) is 8.03. The molecule has 0 radical (unpaired) electrons. The molecule has 2 N–H and O–H groups in total. The lowest BCUT2D eigenvalue weighted by Gasteiger charge is -2.07. The van der Waals surface area contributed by atoms with Gasteiger partial charge in [0.05, 0.1) is 24.6 Å². The molecule has 2 aromatic heterocycles. The van der Waals surface area contributed by atoms with Gasteiger partial charge >= 0.3 is 0 Å². The van der Waals surface area contributed by atoms with Crippen molar-refractivity contribution in [3.8, 4) is 17.1 Å². The van der Waals surface area contributed by atoms with E-state index in [1.165, 1.54) is 12.6 Å². The van der Waals surface area contributed by atoms with E-state index in [4.69, 9.17) is 4.42 Å². The molecule has 20 heavy (non-hydrogen) atoms. The molecule has 0 spiro atoms. The Morgan fingerprint density at radius 2 is 2.10 bits per heavy atom. The molecule has 100 valence electrons. The van der Waals surface area contributed by atoms with E-state index in [1.807, 2.05) is 24.3 Å². The minimum absolute atomic E-state index is 0.168. The molecule has 5 nitrogen and oxygen atoms in total. The zero-order valence-electron chi connectivity index (χ0n) is 10.7. The van der Waals surface area contributed by atoms with Crippen LogP contribution in [0.5, 0.6) is 5.75 Å². The second-order valence-corrected chi connectivity index (χ2v) is 4.31. The second-order valence-electron chi connectivity index (χ2n) is 4.31. The van der Waals surface area contributed by atoms with Gasteiger partial charge in [0.1, 0.15) is 5.75 Å². The fourth-order valence-corrected chi connectivity index (χ4v) is 1.85. The lowest BCUT2D eigenvalue weighted by molar-refractivity contribution is 0.472. The van der Waals surface area contributed by atoms with Gasteiger partial charge in [-0.3, -0.25) is 4.98 Å². The van der Waals surface area contributed by atoms with Gasteiger partial charge in [-0.05, 0) is 24.3 Å². The normalized spacial score (nSPS) is 10.4. The Morgan fingerprint density at radius 1 is 1.15 bits per heavy atom. The van der Waals surface area contributed by atoms with Crippen LogP contribution in [0.4, 0.5) is 5.69 Å². The molecule has 0 aliphatic carbocycles. The minimum Gasteiger partial charge on any atom is -0.506 e. The van der Waals surface area contributed by atoms with Gasteiger partial charge in [0, 0.05) is 11.3 Å². The average molecular weight is 267 g/mol. The Balaban J connectivity index is 1.72.